The first-order valence-corrected chi connectivity index (χ1v) is 11.1. The molecule has 174 valence electrons. The number of likely N-dealkylation sites (tertiary alicyclic amines) is 1. The topological polar surface area (TPSA) is 98.2 Å². The number of hydrogen-bond donors (Lipinski definition) is 2. The average Bonchev–Trinajstić information content (AvgIpc) is 3.03. The van der Waals surface area contributed by atoms with Crippen LogP contribution in [0.5, 0.6) is 0 Å². The van der Waals surface area contributed by atoms with Gasteiger partial charge in [0.05, 0.1) is 11.6 Å². The zero-order valence-electron chi connectivity index (χ0n) is 18.6. The standard InChI is InChI=1S/C25H27ClN2O5/c1-27(2)19-13-9-16(10-14-19)22-21(23(31)17-7-11-18(26)12-8-17)24(32)25(33)28(22)15-5-3-4-6-20(29)30/h7-14,22,31H,3-6,15H2,1-2H3,(H,29,30)/b23-21-. The third-order valence-electron chi connectivity index (χ3n) is 5.67. The van der Waals surface area contributed by atoms with Gasteiger partial charge in [-0.1, -0.05) is 30.2 Å². The lowest BCUT2D eigenvalue weighted by Crippen LogP contribution is -2.30. The van der Waals surface area contributed by atoms with E-state index in [1.807, 2.05) is 43.3 Å². The van der Waals surface area contributed by atoms with Crippen LogP contribution in [-0.2, 0) is 14.4 Å². The fourth-order valence-corrected chi connectivity index (χ4v) is 4.04. The number of carboxylic acids is 1. The molecule has 0 radical (unpaired) electrons. The molecule has 0 aliphatic carbocycles. The van der Waals surface area contributed by atoms with Crippen LogP contribution in [0.4, 0.5) is 5.69 Å². The molecule has 2 N–H and O–H groups in total. The van der Waals surface area contributed by atoms with Gasteiger partial charge in [0.25, 0.3) is 11.7 Å². The van der Waals surface area contributed by atoms with Crippen molar-refractivity contribution in [3.63, 3.8) is 0 Å². The lowest BCUT2D eigenvalue weighted by molar-refractivity contribution is -0.140. The number of benzene rings is 2. The highest BCUT2D eigenvalue weighted by Crippen LogP contribution is 2.40. The van der Waals surface area contributed by atoms with E-state index in [9.17, 15) is 19.5 Å². The van der Waals surface area contributed by atoms with Crippen LogP contribution in [0, 0.1) is 0 Å². The lowest BCUT2D eigenvalue weighted by atomic mass is 9.95. The quantitative estimate of drug-likeness (QED) is 0.243. The summed E-state index contributed by atoms with van der Waals surface area (Å²) in [6.07, 6.45) is 1.71. The number of anilines is 1. The van der Waals surface area contributed by atoms with Crippen molar-refractivity contribution in [2.45, 2.75) is 31.7 Å². The maximum absolute atomic E-state index is 13.0. The Morgan fingerprint density at radius 2 is 1.61 bits per heavy atom. The Labute approximate surface area is 197 Å². The average molecular weight is 471 g/mol. The Balaban J connectivity index is 1.98. The summed E-state index contributed by atoms with van der Waals surface area (Å²) < 4.78 is 0. The Hall–Kier alpha value is -3.32. The van der Waals surface area contributed by atoms with Gasteiger partial charge < -0.3 is 20.0 Å². The van der Waals surface area contributed by atoms with Crippen LogP contribution in [0.1, 0.15) is 42.9 Å². The van der Waals surface area contributed by atoms with E-state index < -0.39 is 23.7 Å². The highest BCUT2D eigenvalue weighted by atomic mass is 35.5. The molecule has 7 nitrogen and oxygen atoms in total. The normalized spacial score (nSPS) is 17.4. The summed E-state index contributed by atoms with van der Waals surface area (Å²) in [5.41, 5.74) is 2.10. The summed E-state index contributed by atoms with van der Waals surface area (Å²) in [4.78, 5) is 40.1. The van der Waals surface area contributed by atoms with Crippen molar-refractivity contribution in [2.75, 3.05) is 25.5 Å². The maximum Gasteiger partial charge on any atom is 0.303 e. The van der Waals surface area contributed by atoms with E-state index in [0.29, 0.717) is 35.4 Å². The van der Waals surface area contributed by atoms with Gasteiger partial charge in [-0.2, -0.15) is 0 Å². The summed E-state index contributed by atoms with van der Waals surface area (Å²) >= 11 is 5.95. The summed E-state index contributed by atoms with van der Waals surface area (Å²) in [6, 6.07) is 13.2. The van der Waals surface area contributed by atoms with Gasteiger partial charge in [0.2, 0.25) is 0 Å². The van der Waals surface area contributed by atoms with Crippen molar-refractivity contribution in [3.05, 3.63) is 70.3 Å². The van der Waals surface area contributed by atoms with E-state index >= 15 is 0 Å². The summed E-state index contributed by atoms with van der Waals surface area (Å²) in [7, 11) is 3.83. The number of carbonyl (C=O) groups excluding carboxylic acids is 2. The molecule has 1 aliphatic heterocycles. The molecule has 2 aromatic carbocycles. The van der Waals surface area contributed by atoms with Crippen molar-refractivity contribution >= 4 is 40.7 Å². The second-order valence-electron chi connectivity index (χ2n) is 8.19. The molecule has 0 aromatic heterocycles. The van der Waals surface area contributed by atoms with Crippen LogP contribution in [0.2, 0.25) is 5.02 Å². The Morgan fingerprint density at radius 3 is 2.18 bits per heavy atom. The molecular weight excluding hydrogens is 444 g/mol. The molecule has 2 aromatic rings. The smallest absolute Gasteiger partial charge is 0.303 e. The fraction of sp³-hybridized carbons (Fsp3) is 0.320. The van der Waals surface area contributed by atoms with Gasteiger partial charge in [0, 0.05) is 43.3 Å². The van der Waals surface area contributed by atoms with Crippen molar-refractivity contribution < 1.29 is 24.6 Å². The molecule has 8 heteroatoms. The number of amides is 1. The lowest BCUT2D eigenvalue weighted by Gasteiger charge is -2.26. The van der Waals surface area contributed by atoms with Crippen LogP contribution in [0.15, 0.2) is 54.1 Å². The van der Waals surface area contributed by atoms with Gasteiger partial charge in [-0.3, -0.25) is 14.4 Å². The number of aliphatic hydroxyl groups is 1. The van der Waals surface area contributed by atoms with E-state index in [2.05, 4.69) is 0 Å². The molecular formula is C25H27ClN2O5. The van der Waals surface area contributed by atoms with E-state index in [0.717, 1.165) is 5.69 Å². The number of halogens is 1. The van der Waals surface area contributed by atoms with Crippen LogP contribution in [0.3, 0.4) is 0 Å². The molecule has 1 fully saturated rings. The number of unbranched alkanes of at least 4 members (excludes halogenated alkanes) is 2. The van der Waals surface area contributed by atoms with Crippen molar-refractivity contribution in [2.24, 2.45) is 0 Å². The molecule has 1 atom stereocenters. The van der Waals surface area contributed by atoms with Crippen molar-refractivity contribution in [1.82, 2.24) is 4.90 Å². The molecule has 33 heavy (non-hydrogen) atoms. The molecule has 1 heterocycles. The van der Waals surface area contributed by atoms with Gasteiger partial charge in [-0.25, -0.2) is 0 Å². The Morgan fingerprint density at radius 1 is 0.970 bits per heavy atom. The maximum atomic E-state index is 13.0. The van der Waals surface area contributed by atoms with Gasteiger partial charge in [-0.05, 0) is 54.8 Å². The monoisotopic (exact) mass is 470 g/mol. The molecule has 1 amide bonds. The second kappa shape index (κ2) is 10.5. The SMILES string of the molecule is CN(C)c1ccc(C2/C(=C(/O)c3ccc(Cl)cc3)C(=O)C(=O)N2CCCCCC(=O)O)cc1. The van der Waals surface area contributed by atoms with Gasteiger partial charge in [0.15, 0.2) is 0 Å². The Bertz CT molecular complexity index is 1060. The number of carboxylic acid groups (broad SMARTS) is 1. The van der Waals surface area contributed by atoms with Crippen LogP contribution in [0.25, 0.3) is 5.76 Å². The van der Waals surface area contributed by atoms with Crippen molar-refractivity contribution in [3.8, 4) is 0 Å². The van der Waals surface area contributed by atoms with Crippen molar-refractivity contribution in [1.29, 1.82) is 0 Å². The third kappa shape index (κ3) is 5.54. The summed E-state index contributed by atoms with van der Waals surface area (Å²) in [5, 5.41) is 20.3. The Kier molecular flexibility index (Phi) is 7.76. The second-order valence-corrected chi connectivity index (χ2v) is 8.63. The molecule has 0 spiro atoms. The minimum atomic E-state index is -0.862. The van der Waals surface area contributed by atoms with E-state index in [4.69, 9.17) is 16.7 Å². The third-order valence-corrected chi connectivity index (χ3v) is 5.92. The molecule has 0 bridgehead atoms. The molecule has 1 aliphatic rings. The van der Waals surface area contributed by atoms with Gasteiger partial charge in [0.1, 0.15) is 5.76 Å². The number of hydrogen-bond acceptors (Lipinski definition) is 5. The summed E-state index contributed by atoms with van der Waals surface area (Å²) in [5.74, 6) is -2.53. The van der Waals surface area contributed by atoms with E-state index in [1.54, 1.807) is 24.3 Å². The predicted molar refractivity (Wildman–Crippen MR) is 127 cm³/mol. The summed E-state index contributed by atoms with van der Waals surface area (Å²) in [6.45, 7) is 0.279. The first kappa shape index (κ1) is 24.3. The number of nitrogens with zero attached hydrogens (tertiary/aromatic N) is 2. The van der Waals surface area contributed by atoms with Crippen LogP contribution < -0.4 is 4.90 Å². The minimum absolute atomic E-state index is 0.0328. The molecule has 1 saturated heterocycles. The predicted octanol–water partition coefficient (Wildman–Crippen LogP) is 4.47. The minimum Gasteiger partial charge on any atom is -0.507 e. The first-order valence-electron chi connectivity index (χ1n) is 10.7. The van der Waals surface area contributed by atoms with E-state index in [-0.39, 0.29) is 24.3 Å². The van der Waals surface area contributed by atoms with Crippen LogP contribution in [-0.4, -0.2) is 53.4 Å². The highest BCUT2D eigenvalue weighted by molar-refractivity contribution is 6.46. The number of rotatable bonds is 9. The fourth-order valence-electron chi connectivity index (χ4n) is 3.91. The van der Waals surface area contributed by atoms with Gasteiger partial charge >= 0.3 is 5.97 Å². The number of aliphatic hydroxyl groups excluding tert-OH is 1. The largest absolute Gasteiger partial charge is 0.507 e. The number of Topliss-reactive ketones (excluding diaryl/α,β-unsaturated/α-hetero) is 1. The zero-order chi connectivity index (χ0) is 24.1. The van der Waals surface area contributed by atoms with E-state index in [1.165, 1.54) is 4.90 Å². The number of carbonyl (C=O) groups is 3. The number of aliphatic carboxylic acids is 1. The zero-order valence-corrected chi connectivity index (χ0v) is 19.4. The molecule has 1 unspecified atom stereocenters. The van der Waals surface area contributed by atoms with Crippen LogP contribution >= 0.6 is 11.6 Å². The number of ketones is 1. The molecule has 0 saturated carbocycles. The highest BCUT2D eigenvalue weighted by Gasteiger charge is 2.45. The molecule has 3 rings (SSSR count). The first-order chi connectivity index (χ1) is 15.7. The van der Waals surface area contributed by atoms with Gasteiger partial charge in [-0.15, -0.1) is 0 Å².